The molecule has 1 aliphatic carbocycles. The van der Waals surface area contributed by atoms with E-state index in [9.17, 15) is 14.4 Å². The van der Waals surface area contributed by atoms with E-state index in [-0.39, 0.29) is 0 Å². The van der Waals surface area contributed by atoms with Gasteiger partial charge in [-0.05, 0) is 42.9 Å². The van der Waals surface area contributed by atoms with Crippen molar-refractivity contribution in [1.29, 1.82) is 0 Å². The molecular formula is C19H24N2O8. The van der Waals surface area contributed by atoms with Gasteiger partial charge in [0.1, 0.15) is 6.61 Å². The van der Waals surface area contributed by atoms with Crippen molar-refractivity contribution < 1.29 is 39.5 Å². The van der Waals surface area contributed by atoms with E-state index in [2.05, 4.69) is 28.5 Å². The normalized spacial score (nSPS) is 15.1. The van der Waals surface area contributed by atoms with Gasteiger partial charge in [0.15, 0.2) is 5.60 Å². The first-order valence-electron chi connectivity index (χ1n) is 9.15. The standard InChI is InChI=1S/C13H16N2O.C6H8O7/c1-2-6-11-10(4-1)5-3-7-12(11)15-13-14-8-9-16-13;7-3(8)1-6(13,5(11)12)2-4(9)10/h3,5,7H,1-2,4,6,8-9H2,(H,14,15);13H,1-2H2,(H,7,8)(H,9,10)(H,11,12). The molecule has 0 unspecified atom stereocenters. The van der Waals surface area contributed by atoms with Crippen LogP contribution < -0.4 is 5.32 Å². The molecule has 3 rings (SSSR count). The molecule has 29 heavy (non-hydrogen) atoms. The van der Waals surface area contributed by atoms with Crippen LogP contribution in [0.15, 0.2) is 23.2 Å². The Bertz CT molecular complexity index is 789. The number of anilines is 1. The number of hydrogen-bond donors (Lipinski definition) is 5. The van der Waals surface area contributed by atoms with Crippen molar-refractivity contribution in [2.45, 2.75) is 44.1 Å². The Balaban J connectivity index is 0.000000213. The predicted octanol–water partition coefficient (Wildman–Crippen LogP) is 1.12. The average Bonchev–Trinajstić information content (AvgIpc) is 3.14. The van der Waals surface area contributed by atoms with E-state index in [0.717, 1.165) is 6.54 Å². The fourth-order valence-corrected chi connectivity index (χ4v) is 3.14. The number of carboxylic acids is 3. The third kappa shape index (κ3) is 6.46. The van der Waals surface area contributed by atoms with Gasteiger partial charge in [-0.3, -0.25) is 9.59 Å². The maximum atomic E-state index is 10.3. The number of aliphatic carboxylic acids is 3. The lowest BCUT2D eigenvalue weighted by atomic mass is 9.90. The van der Waals surface area contributed by atoms with Crippen LogP contribution in [-0.4, -0.2) is 63.1 Å². The van der Waals surface area contributed by atoms with Crippen molar-refractivity contribution in [3.8, 4) is 0 Å². The monoisotopic (exact) mass is 408 g/mol. The number of rotatable bonds is 6. The van der Waals surface area contributed by atoms with E-state index >= 15 is 0 Å². The van der Waals surface area contributed by atoms with Gasteiger partial charge in [0, 0.05) is 5.69 Å². The summed E-state index contributed by atoms with van der Waals surface area (Å²) in [6.07, 6.45) is 2.69. The van der Waals surface area contributed by atoms with Crippen molar-refractivity contribution in [3.05, 3.63) is 29.3 Å². The second kappa shape index (κ2) is 9.87. The van der Waals surface area contributed by atoms with E-state index in [4.69, 9.17) is 25.2 Å². The van der Waals surface area contributed by atoms with Crippen LogP contribution >= 0.6 is 0 Å². The predicted molar refractivity (Wildman–Crippen MR) is 102 cm³/mol. The molecular weight excluding hydrogens is 384 g/mol. The smallest absolute Gasteiger partial charge is 0.336 e. The van der Waals surface area contributed by atoms with Crippen LogP contribution in [0.25, 0.3) is 0 Å². The number of nitrogens with zero attached hydrogens (tertiary/aromatic N) is 1. The molecule has 158 valence electrons. The minimum absolute atomic E-state index is 0.680. The molecule has 10 heteroatoms. The highest BCUT2D eigenvalue weighted by Crippen LogP contribution is 2.28. The Kier molecular flexibility index (Phi) is 7.54. The Morgan fingerprint density at radius 2 is 1.72 bits per heavy atom. The van der Waals surface area contributed by atoms with E-state index in [0.29, 0.717) is 12.6 Å². The summed E-state index contributed by atoms with van der Waals surface area (Å²) in [5.74, 6) is -5.02. The Hall–Kier alpha value is -3.14. The number of hydrogen-bond acceptors (Lipinski definition) is 7. The van der Waals surface area contributed by atoms with Crippen molar-refractivity contribution in [3.63, 3.8) is 0 Å². The minimum atomic E-state index is -2.74. The van der Waals surface area contributed by atoms with Crippen LogP contribution in [0.4, 0.5) is 5.69 Å². The molecule has 0 saturated heterocycles. The highest BCUT2D eigenvalue weighted by atomic mass is 16.5. The Labute approximate surface area is 166 Å². The van der Waals surface area contributed by atoms with Crippen molar-refractivity contribution >= 4 is 29.6 Å². The van der Waals surface area contributed by atoms with Crippen molar-refractivity contribution in [2.75, 3.05) is 18.5 Å². The van der Waals surface area contributed by atoms with Gasteiger partial charge in [0.25, 0.3) is 6.02 Å². The zero-order chi connectivity index (χ0) is 21.4. The van der Waals surface area contributed by atoms with Crippen LogP contribution in [0.5, 0.6) is 0 Å². The molecule has 0 radical (unpaired) electrons. The molecule has 0 amide bonds. The molecule has 5 N–H and O–H groups in total. The molecule has 1 heterocycles. The summed E-state index contributed by atoms with van der Waals surface area (Å²) in [6, 6.07) is 7.15. The van der Waals surface area contributed by atoms with Crippen LogP contribution in [0.1, 0.15) is 36.8 Å². The van der Waals surface area contributed by atoms with Gasteiger partial charge < -0.3 is 30.5 Å². The molecule has 1 aliphatic heterocycles. The second-order valence-electron chi connectivity index (χ2n) is 6.79. The number of ether oxygens (including phenoxy) is 1. The summed E-state index contributed by atoms with van der Waals surface area (Å²) < 4.78 is 5.39. The second-order valence-corrected chi connectivity index (χ2v) is 6.79. The minimum Gasteiger partial charge on any atom is -0.481 e. The summed E-state index contributed by atoms with van der Waals surface area (Å²) in [7, 11) is 0. The van der Waals surface area contributed by atoms with Gasteiger partial charge in [0.05, 0.1) is 19.4 Å². The first-order valence-corrected chi connectivity index (χ1v) is 9.15. The van der Waals surface area contributed by atoms with Gasteiger partial charge in [-0.2, -0.15) is 0 Å². The first kappa shape index (κ1) is 22.2. The number of aliphatic imine (C=N–C) groups is 1. The van der Waals surface area contributed by atoms with Crippen molar-refractivity contribution in [1.82, 2.24) is 0 Å². The first-order chi connectivity index (χ1) is 13.7. The van der Waals surface area contributed by atoms with Gasteiger partial charge in [-0.1, -0.05) is 12.1 Å². The summed E-state index contributed by atoms with van der Waals surface area (Å²) in [4.78, 5) is 34.7. The van der Waals surface area contributed by atoms with Crippen LogP contribution in [0.3, 0.4) is 0 Å². The summed E-state index contributed by atoms with van der Waals surface area (Å²) in [5, 5.41) is 37.1. The Morgan fingerprint density at radius 1 is 1.07 bits per heavy atom. The number of nitrogens with one attached hydrogen (secondary N) is 1. The van der Waals surface area contributed by atoms with Gasteiger partial charge in [-0.25, -0.2) is 9.79 Å². The fraction of sp³-hybridized carbons (Fsp3) is 0.474. The molecule has 1 aromatic rings. The van der Waals surface area contributed by atoms with Gasteiger partial charge in [0.2, 0.25) is 0 Å². The number of aryl methyl sites for hydroxylation is 1. The lowest BCUT2D eigenvalue weighted by Crippen LogP contribution is -2.42. The largest absolute Gasteiger partial charge is 0.481 e. The average molecular weight is 408 g/mol. The number of carboxylic acid groups (broad SMARTS) is 3. The van der Waals surface area contributed by atoms with E-state index in [1.54, 1.807) is 0 Å². The molecule has 10 nitrogen and oxygen atoms in total. The lowest BCUT2D eigenvalue weighted by Gasteiger charge is -2.19. The molecule has 0 aromatic heterocycles. The number of benzene rings is 1. The zero-order valence-electron chi connectivity index (χ0n) is 15.8. The maximum Gasteiger partial charge on any atom is 0.336 e. The molecule has 1 aromatic carbocycles. The van der Waals surface area contributed by atoms with E-state index in [1.165, 1.54) is 42.5 Å². The van der Waals surface area contributed by atoms with Crippen LogP contribution in [0, 0.1) is 0 Å². The number of carbonyl (C=O) groups is 3. The van der Waals surface area contributed by atoms with Gasteiger partial charge in [-0.15, -0.1) is 0 Å². The highest BCUT2D eigenvalue weighted by Gasteiger charge is 2.40. The van der Waals surface area contributed by atoms with E-state index in [1.807, 2.05) is 0 Å². The third-order valence-electron chi connectivity index (χ3n) is 4.51. The molecule has 0 spiro atoms. The fourth-order valence-electron chi connectivity index (χ4n) is 3.14. The number of aliphatic hydroxyl groups is 1. The molecule has 2 aliphatic rings. The van der Waals surface area contributed by atoms with Crippen LogP contribution in [-0.2, 0) is 32.0 Å². The zero-order valence-corrected chi connectivity index (χ0v) is 15.8. The Morgan fingerprint density at radius 3 is 2.28 bits per heavy atom. The lowest BCUT2D eigenvalue weighted by molar-refractivity contribution is -0.170. The molecule has 0 bridgehead atoms. The summed E-state index contributed by atoms with van der Waals surface area (Å²) in [6.45, 7) is 1.48. The summed E-state index contributed by atoms with van der Waals surface area (Å²) in [5.41, 5.74) is 1.37. The topological polar surface area (TPSA) is 166 Å². The van der Waals surface area contributed by atoms with Crippen molar-refractivity contribution in [2.24, 2.45) is 4.99 Å². The van der Waals surface area contributed by atoms with Gasteiger partial charge >= 0.3 is 17.9 Å². The molecule has 0 fully saturated rings. The van der Waals surface area contributed by atoms with E-state index < -0.39 is 36.4 Å². The van der Waals surface area contributed by atoms with Crippen LogP contribution in [0.2, 0.25) is 0 Å². The number of amidine groups is 1. The summed E-state index contributed by atoms with van der Waals surface area (Å²) >= 11 is 0. The number of fused-ring (bicyclic) bond motifs is 1. The SMILES string of the molecule is O=C(O)CC(O)(CC(=O)O)C(=O)O.c1cc2c(c(NC3=NCCO3)c1)CCCC2. The quantitative estimate of drug-likeness (QED) is 0.463. The molecule has 0 atom stereocenters. The highest BCUT2D eigenvalue weighted by molar-refractivity contribution is 5.91. The molecule has 0 saturated carbocycles. The maximum absolute atomic E-state index is 10.3. The third-order valence-corrected chi connectivity index (χ3v) is 4.51.